The third kappa shape index (κ3) is 3.94. The minimum atomic E-state index is -0.0725. The van der Waals surface area contributed by atoms with E-state index >= 15 is 0 Å². The van der Waals surface area contributed by atoms with Crippen LogP contribution >= 0.6 is 11.3 Å². The molecule has 2 aromatic heterocycles. The number of rotatable bonds is 7. The van der Waals surface area contributed by atoms with E-state index in [9.17, 15) is 4.79 Å². The predicted octanol–water partition coefficient (Wildman–Crippen LogP) is 3.97. The van der Waals surface area contributed by atoms with Crippen molar-refractivity contribution in [3.8, 4) is 0 Å². The number of nitrogens with one attached hydrogen (secondary N) is 1. The summed E-state index contributed by atoms with van der Waals surface area (Å²) in [6.45, 7) is 4.25. The first kappa shape index (κ1) is 15.8. The van der Waals surface area contributed by atoms with Crippen LogP contribution < -0.4 is 11.1 Å². The van der Waals surface area contributed by atoms with Crippen LogP contribution in [0.2, 0.25) is 0 Å². The Balaban J connectivity index is 1.97. The Morgan fingerprint density at radius 1 is 1.43 bits per heavy atom. The summed E-state index contributed by atoms with van der Waals surface area (Å²) in [7, 11) is 0. The number of thiophene rings is 1. The van der Waals surface area contributed by atoms with Crippen molar-refractivity contribution >= 4 is 33.0 Å². The number of nitrogens with two attached hydrogens (primary N) is 1. The molecule has 0 aliphatic heterocycles. The topological polar surface area (TPSA) is 68.0 Å². The van der Waals surface area contributed by atoms with E-state index in [1.54, 1.807) is 12.4 Å². The predicted molar refractivity (Wildman–Crippen MR) is 89.7 cm³/mol. The Bertz CT molecular complexity index is 609. The average Bonchev–Trinajstić information content (AvgIpc) is 2.81. The fourth-order valence-electron chi connectivity index (χ4n) is 2.38. The normalized spacial score (nSPS) is 12.5. The van der Waals surface area contributed by atoms with Crippen LogP contribution in [0.3, 0.4) is 0 Å². The van der Waals surface area contributed by atoms with Gasteiger partial charge in [0.25, 0.3) is 5.91 Å². The molecule has 0 fully saturated rings. The Kier molecular flexibility index (Phi) is 5.56. The SMILES string of the molecule is CCCCCCC(C)NC(=O)c1sc2cnccc2c1N. The van der Waals surface area contributed by atoms with E-state index in [4.69, 9.17) is 5.73 Å². The summed E-state index contributed by atoms with van der Waals surface area (Å²) < 4.78 is 0.954. The van der Waals surface area contributed by atoms with E-state index in [2.05, 4.69) is 24.1 Å². The van der Waals surface area contributed by atoms with Gasteiger partial charge in [0, 0.05) is 23.8 Å². The Morgan fingerprint density at radius 3 is 2.95 bits per heavy atom. The third-order valence-electron chi connectivity index (χ3n) is 3.61. The summed E-state index contributed by atoms with van der Waals surface area (Å²) >= 11 is 1.41. The van der Waals surface area contributed by atoms with Gasteiger partial charge in [-0.1, -0.05) is 32.6 Å². The number of carbonyl (C=O) groups is 1. The van der Waals surface area contributed by atoms with E-state index < -0.39 is 0 Å². The second kappa shape index (κ2) is 7.41. The molecule has 5 heteroatoms. The first-order valence-corrected chi connectivity index (χ1v) is 8.38. The van der Waals surface area contributed by atoms with Gasteiger partial charge in [0.1, 0.15) is 4.88 Å². The second-order valence-electron chi connectivity index (χ2n) is 5.44. The summed E-state index contributed by atoms with van der Waals surface area (Å²) in [6.07, 6.45) is 9.33. The Labute approximate surface area is 129 Å². The average molecular weight is 305 g/mol. The van der Waals surface area contributed by atoms with Crippen LogP contribution in [0.5, 0.6) is 0 Å². The first-order valence-electron chi connectivity index (χ1n) is 7.56. The molecule has 0 aliphatic rings. The molecule has 114 valence electrons. The number of hydrogen-bond donors (Lipinski definition) is 2. The number of unbranched alkanes of at least 4 members (excludes halogenated alkanes) is 3. The van der Waals surface area contributed by atoms with Crippen molar-refractivity contribution in [2.24, 2.45) is 0 Å². The molecule has 0 spiro atoms. The highest BCUT2D eigenvalue weighted by molar-refractivity contribution is 7.21. The molecule has 1 atom stereocenters. The van der Waals surface area contributed by atoms with E-state index in [0.29, 0.717) is 10.6 Å². The maximum absolute atomic E-state index is 12.3. The van der Waals surface area contributed by atoms with Gasteiger partial charge in [-0.25, -0.2) is 0 Å². The standard InChI is InChI=1S/C16H23N3OS/c1-3-4-5-6-7-11(2)19-16(20)15-14(17)12-8-9-18-10-13(12)21-15/h8-11H,3-7,17H2,1-2H3,(H,19,20). The van der Waals surface area contributed by atoms with Gasteiger partial charge in [0.15, 0.2) is 0 Å². The van der Waals surface area contributed by atoms with Crippen molar-refractivity contribution < 1.29 is 4.79 Å². The van der Waals surface area contributed by atoms with Crippen molar-refractivity contribution in [3.05, 3.63) is 23.3 Å². The Hall–Kier alpha value is -1.62. The molecular weight excluding hydrogens is 282 g/mol. The zero-order chi connectivity index (χ0) is 15.2. The maximum Gasteiger partial charge on any atom is 0.263 e. The van der Waals surface area contributed by atoms with Gasteiger partial charge in [-0.2, -0.15) is 0 Å². The van der Waals surface area contributed by atoms with Crippen molar-refractivity contribution in [2.75, 3.05) is 5.73 Å². The molecule has 0 aromatic carbocycles. The number of carbonyl (C=O) groups excluding carboxylic acids is 1. The number of fused-ring (bicyclic) bond motifs is 1. The van der Waals surface area contributed by atoms with Crippen LogP contribution in [0.15, 0.2) is 18.5 Å². The number of pyridine rings is 1. The highest BCUT2D eigenvalue weighted by atomic mass is 32.1. The van der Waals surface area contributed by atoms with Gasteiger partial charge in [0.05, 0.1) is 10.4 Å². The van der Waals surface area contributed by atoms with Crippen LogP contribution in [0.4, 0.5) is 5.69 Å². The van der Waals surface area contributed by atoms with E-state index in [1.165, 1.54) is 30.6 Å². The highest BCUT2D eigenvalue weighted by Crippen LogP contribution is 2.32. The molecule has 2 heterocycles. The molecule has 0 bridgehead atoms. The first-order chi connectivity index (χ1) is 10.1. The van der Waals surface area contributed by atoms with E-state index in [0.717, 1.165) is 22.9 Å². The second-order valence-corrected chi connectivity index (χ2v) is 6.49. The molecule has 4 nitrogen and oxygen atoms in total. The minimum Gasteiger partial charge on any atom is -0.397 e. The molecule has 3 N–H and O–H groups in total. The molecule has 0 radical (unpaired) electrons. The van der Waals surface area contributed by atoms with E-state index in [1.807, 2.05) is 6.07 Å². The lowest BCUT2D eigenvalue weighted by Gasteiger charge is -2.13. The molecule has 21 heavy (non-hydrogen) atoms. The Morgan fingerprint density at radius 2 is 2.24 bits per heavy atom. The van der Waals surface area contributed by atoms with Crippen molar-refractivity contribution in [2.45, 2.75) is 52.0 Å². The van der Waals surface area contributed by atoms with Crippen LogP contribution in [0.1, 0.15) is 55.6 Å². The molecular formula is C16H23N3OS. The van der Waals surface area contributed by atoms with Crippen LogP contribution in [0.25, 0.3) is 10.1 Å². The van der Waals surface area contributed by atoms with Gasteiger partial charge in [0.2, 0.25) is 0 Å². The molecule has 2 rings (SSSR count). The largest absolute Gasteiger partial charge is 0.397 e. The van der Waals surface area contributed by atoms with Gasteiger partial charge < -0.3 is 11.1 Å². The van der Waals surface area contributed by atoms with Crippen LogP contribution in [-0.4, -0.2) is 16.9 Å². The van der Waals surface area contributed by atoms with Gasteiger partial charge in [-0.15, -0.1) is 11.3 Å². The van der Waals surface area contributed by atoms with Crippen LogP contribution in [0, 0.1) is 0 Å². The lowest BCUT2D eigenvalue weighted by atomic mass is 10.1. The highest BCUT2D eigenvalue weighted by Gasteiger charge is 2.17. The van der Waals surface area contributed by atoms with Gasteiger partial charge in [-0.3, -0.25) is 9.78 Å². The molecule has 0 saturated carbocycles. The number of amides is 1. The smallest absolute Gasteiger partial charge is 0.263 e. The van der Waals surface area contributed by atoms with Crippen molar-refractivity contribution in [3.63, 3.8) is 0 Å². The molecule has 1 amide bonds. The van der Waals surface area contributed by atoms with Gasteiger partial charge >= 0.3 is 0 Å². The number of nitrogen functional groups attached to an aromatic ring is 1. The fourth-order valence-corrected chi connectivity index (χ4v) is 3.37. The summed E-state index contributed by atoms with van der Waals surface area (Å²) in [6, 6.07) is 2.03. The third-order valence-corrected chi connectivity index (χ3v) is 4.76. The summed E-state index contributed by atoms with van der Waals surface area (Å²) in [5.74, 6) is -0.0725. The zero-order valence-electron chi connectivity index (χ0n) is 12.7. The summed E-state index contributed by atoms with van der Waals surface area (Å²) in [5, 5.41) is 3.96. The quantitative estimate of drug-likeness (QED) is 0.761. The summed E-state index contributed by atoms with van der Waals surface area (Å²) in [5.41, 5.74) is 6.64. The summed E-state index contributed by atoms with van der Waals surface area (Å²) in [4.78, 5) is 17.0. The van der Waals surface area contributed by atoms with Crippen LogP contribution in [-0.2, 0) is 0 Å². The van der Waals surface area contributed by atoms with Crippen molar-refractivity contribution in [1.29, 1.82) is 0 Å². The zero-order valence-corrected chi connectivity index (χ0v) is 13.5. The number of anilines is 1. The number of aromatic nitrogens is 1. The van der Waals surface area contributed by atoms with Gasteiger partial charge in [-0.05, 0) is 19.4 Å². The monoisotopic (exact) mass is 305 g/mol. The van der Waals surface area contributed by atoms with E-state index in [-0.39, 0.29) is 11.9 Å². The molecule has 0 saturated heterocycles. The number of hydrogen-bond acceptors (Lipinski definition) is 4. The lowest BCUT2D eigenvalue weighted by molar-refractivity contribution is 0.0943. The minimum absolute atomic E-state index is 0.0725. The van der Waals surface area contributed by atoms with Crippen molar-refractivity contribution in [1.82, 2.24) is 10.3 Å². The maximum atomic E-state index is 12.3. The molecule has 0 aliphatic carbocycles. The molecule has 2 aromatic rings. The fraction of sp³-hybridized carbons (Fsp3) is 0.500. The molecule has 1 unspecified atom stereocenters. The lowest BCUT2D eigenvalue weighted by Crippen LogP contribution is -2.32. The number of nitrogens with zero attached hydrogens (tertiary/aromatic N) is 1.